The number of rotatable bonds is 4. The summed E-state index contributed by atoms with van der Waals surface area (Å²) in [6.45, 7) is 2.65. The maximum atomic E-state index is 12.6. The molecule has 0 fully saturated rings. The monoisotopic (exact) mass is 344 g/mol. The predicted molar refractivity (Wildman–Crippen MR) is 94.1 cm³/mol. The van der Waals surface area contributed by atoms with Crippen LogP contribution in [0.25, 0.3) is 0 Å². The second kappa shape index (κ2) is 6.02. The minimum Gasteiger partial charge on any atom is -0.507 e. The molecule has 2 aromatic rings. The van der Waals surface area contributed by atoms with Crippen molar-refractivity contribution in [2.45, 2.75) is 38.8 Å². The molecule has 4 rings (SSSR count). The van der Waals surface area contributed by atoms with Gasteiger partial charge in [-0.05, 0) is 43.4 Å². The highest BCUT2D eigenvalue weighted by molar-refractivity contribution is 7.16. The van der Waals surface area contributed by atoms with Gasteiger partial charge in [-0.15, -0.1) is 11.3 Å². The van der Waals surface area contributed by atoms with Crippen molar-refractivity contribution in [3.05, 3.63) is 39.8 Å². The first kappa shape index (κ1) is 15.3. The van der Waals surface area contributed by atoms with Crippen molar-refractivity contribution in [3.8, 4) is 11.5 Å². The van der Waals surface area contributed by atoms with Crippen LogP contribution in [0.3, 0.4) is 0 Å². The number of phenols is 1. The molecule has 1 unspecified atom stereocenters. The van der Waals surface area contributed by atoms with E-state index in [2.05, 4.69) is 10.6 Å². The number of thiophene rings is 1. The SMILES string of the molecule is CCCOc1ccc(C2NC(=O)c3c(sc4c3CCC4)N2)c(O)c1. The Kier molecular flexibility index (Phi) is 3.84. The van der Waals surface area contributed by atoms with Crippen molar-refractivity contribution < 1.29 is 14.6 Å². The van der Waals surface area contributed by atoms with Crippen LogP contribution < -0.4 is 15.4 Å². The minimum absolute atomic E-state index is 0.0566. The number of aromatic hydroxyl groups is 1. The molecular weight excluding hydrogens is 324 g/mol. The summed E-state index contributed by atoms with van der Waals surface area (Å²) in [6, 6.07) is 5.22. The molecule has 2 aliphatic rings. The molecule has 1 aromatic carbocycles. The Morgan fingerprint density at radius 2 is 2.21 bits per heavy atom. The van der Waals surface area contributed by atoms with Crippen molar-refractivity contribution in [2.24, 2.45) is 0 Å². The van der Waals surface area contributed by atoms with E-state index in [0.29, 0.717) is 17.9 Å². The van der Waals surface area contributed by atoms with Crippen LogP contribution >= 0.6 is 11.3 Å². The third kappa shape index (κ3) is 2.51. The number of nitrogens with one attached hydrogen (secondary N) is 2. The van der Waals surface area contributed by atoms with Crippen LogP contribution in [0, 0.1) is 0 Å². The summed E-state index contributed by atoms with van der Waals surface area (Å²) in [4.78, 5) is 13.9. The molecule has 6 heteroatoms. The summed E-state index contributed by atoms with van der Waals surface area (Å²) >= 11 is 1.67. The molecule has 0 spiro atoms. The van der Waals surface area contributed by atoms with E-state index >= 15 is 0 Å². The molecule has 0 saturated carbocycles. The Balaban J connectivity index is 1.61. The van der Waals surface area contributed by atoms with E-state index in [1.165, 1.54) is 10.4 Å². The van der Waals surface area contributed by atoms with Gasteiger partial charge < -0.3 is 20.5 Å². The summed E-state index contributed by atoms with van der Waals surface area (Å²) in [7, 11) is 0. The predicted octanol–water partition coefficient (Wildman–Crippen LogP) is 3.59. The van der Waals surface area contributed by atoms with Crippen LogP contribution in [-0.4, -0.2) is 17.6 Å². The number of fused-ring (bicyclic) bond motifs is 3. The van der Waals surface area contributed by atoms with Crippen LogP contribution in [0.1, 0.15) is 52.3 Å². The number of hydrogen-bond donors (Lipinski definition) is 3. The average molecular weight is 344 g/mol. The fourth-order valence-corrected chi connectivity index (χ4v) is 4.66. The molecule has 5 nitrogen and oxygen atoms in total. The molecule has 0 radical (unpaired) electrons. The van der Waals surface area contributed by atoms with Gasteiger partial charge in [-0.25, -0.2) is 0 Å². The van der Waals surface area contributed by atoms with Gasteiger partial charge in [0.2, 0.25) is 0 Å². The average Bonchev–Trinajstić information content (AvgIpc) is 3.13. The van der Waals surface area contributed by atoms with Crippen molar-refractivity contribution in [3.63, 3.8) is 0 Å². The van der Waals surface area contributed by atoms with E-state index in [4.69, 9.17) is 4.74 Å². The molecule has 0 bridgehead atoms. The van der Waals surface area contributed by atoms with Crippen LogP contribution in [0.5, 0.6) is 11.5 Å². The smallest absolute Gasteiger partial charge is 0.256 e. The van der Waals surface area contributed by atoms with Gasteiger partial charge in [-0.2, -0.15) is 0 Å². The fraction of sp³-hybridized carbons (Fsp3) is 0.389. The van der Waals surface area contributed by atoms with Crippen molar-refractivity contribution in [2.75, 3.05) is 11.9 Å². The Hall–Kier alpha value is -2.21. The number of amides is 1. The van der Waals surface area contributed by atoms with Gasteiger partial charge in [0.1, 0.15) is 22.7 Å². The van der Waals surface area contributed by atoms with Crippen molar-refractivity contribution in [1.29, 1.82) is 0 Å². The highest BCUT2D eigenvalue weighted by Gasteiger charge is 2.33. The number of anilines is 1. The van der Waals surface area contributed by atoms with Crippen LogP contribution in [0.4, 0.5) is 5.00 Å². The number of carbonyl (C=O) groups excluding carboxylic acids is 1. The molecule has 24 heavy (non-hydrogen) atoms. The summed E-state index contributed by atoms with van der Waals surface area (Å²) in [5.74, 6) is 0.698. The summed E-state index contributed by atoms with van der Waals surface area (Å²) < 4.78 is 5.53. The van der Waals surface area contributed by atoms with Crippen molar-refractivity contribution >= 4 is 22.2 Å². The molecule has 1 aliphatic heterocycles. The van der Waals surface area contributed by atoms with Gasteiger partial charge in [0.25, 0.3) is 5.91 Å². The maximum absolute atomic E-state index is 12.6. The van der Waals surface area contributed by atoms with E-state index in [-0.39, 0.29) is 11.7 Å². The van der Waals surface area contributed by atoms with Gasteiger partial charge in [-0.3, -0.25) is 4.79 Å². The zero-order chi connectivity index (χ0) is 16.7. The highest BCUT2D eigenvalue weighted by Crippen LogP contribution is 2.43. The van der Waals surface area contributed by atoms with E-state index in [0.717, 1.165) is 36.2 Å². The maximum Gasteiger partial charge on any atom is 0.256 e. The molecule has 126 valence electrons. The van der Waals surface area contributed by atoms with Crippen molar-refractivity contribution in [1.82, 2.24) is 5.32 Å². The summed E-state index contributed by atoms with van der Waals surface area (Å²) in [5.41, 5.74) is 2.64. The summed E-state index contributed by atoms with van der Waals surface area (Å²) in [6.07, 6.45) is 3.65. The Morgan fingerprint density at radius 3 is 3.00 bits per heavy atom. The number of carbonyl (C=O) groups is 1. The number of ether oxygens (including phenoxy) is 1. The normalized spacial score (nSPS) is 18.5. The van der Waals surface area contributed by atoms with Crippen LogP contribution in [0.15, 0.2) is 18.2 Å². The molecule has 1 aromatic heterocycles. The second-order valence-electron chi connectivity index (χ2n) is 6.18. The number of benzene rings is 1. The van der Waals surface area contributed by atoms with Gasteiger partial charge in [0.15, 0.2) is 0 Å². The van der Waals surface area contributed by atoms with E-state index in [9.17, 15) is 9.90 Å². The lowest BCUT2D eigenvalue weighted by molar-refractivity contribution is 0.0935. The lowest BCUT2D eigenvalue weighted by Gasteiger charge is -2.27. The Labute approximate surface area is 144 Å². The lowest BCUT2D eigenvalue weighted by atomic mass is 10.1. The number of hydrogen-bond acceptors (Lipinski definition) is 5. The van der Waals surface area contributed by atoms with Gasteiger partial charge >= 0.3 is 0 Å². The largest absolute Gasteiger partial charge is 0.507 e. The van der Waals surface area contributed by atoms with E-state index < -0.39 is 6.17 Å². The topological polar surface area (TPSA) is 70.6 Å². The van der Waals surface area contributed by atoms with Crippen LogP contribution in [-0.2, 0) is 12.8 Å². The third-order valence-electron chi connectivity index (χ3n) is 4.48. The van der Waals surface area contributed by atoms with E-state index in [1.807, 2.05) is 13.0 Å². The van der Waals surface area contributed by atoms with Gasteiger partial charge in [0, 0.05) is 16.5 Å². The minimum atomic E-state index is -0.427. The van der Waals surface area contributed by atoms with Gasteiger partial charge in [-0.1, -0.05) is 6.92 Å². The fourth-order valence-electron chi connectivity index (χ4n) is 3.35. The highest BCUT2D eigenvalue weighted by atomic mass is 32.1. The second-order valence-corrected chi connectivity index (χ2v) is 7.29. The Morgan fingerprint density at radius 1 is 1.33 bits per heavy atom. The lowest BCUT2D eigenvalue weighted by Crippen LogP contribution is -2.38. The summed E-state index contributed by atoms with van der Waals surface area (Å²) in [5, 5.41) is 17.6. The zero-order valence-corrected chi connectivity index (χ0v) is 14.3. The Bertz CT molecular complexity index is 800. The molecule has 1 amide bonds. The van der Waals surface area contributed by atoms with E-state index in [1.54, 1.807) is 23.5 Å². The first-order valence-electron chi connectivity index (χ1n) is 8.35. The molecule has 1 aliphatic carbocycles. The van der Waals surface area contributed by atoms with Crippen LogP contribution in [0.2, 0.25) is 0 Å². The molecular formula is C18H20N2O3S. The molecule has 1 atom stereocenters. The zero-order valence-electron chi connectivity index (χ0n) is 13.5. The third-order valence-corrected chi connectivity index (χ3v) is 5.71. The molecule has 3 N–H and O–H groups in total. The standard InChI is InChI=1S/C18H20N2O3S/c1-2-8-23-10-6-7-11(13(21)9-10)16-19-17(22)15-12-4-3-5-14(12)24-18(15)20-16/h6-7,9,16,20-21H,2-5,8H2,1H3,(H,19,22). The molecule has 2 heterocycles. The molecule has 0 saturated heterocycles. The first-order valence-corrected chi connectivity index (χ1v) is 9.16. The first-order chi connectivity index (χ1) is 11.7. The van der Waals surface area contributed by atoms with Gasteiger partial charge in [0.05, 0.1) is 12.2 Å². The quantitative estimate of drug-likeness (QED) is 0.793. The number of aryl methyl sites for hydroxylation is 1. The number of phenolic OH excluding ortho intramolecular Hbond substituents is 1.